The first-order chi connectivity index (χ1) is 9.15. The molecule has 0 aliphatic carbocycles. The summed E-state index contributed by atoms with van der Waals surface area (Å²) >= 11 is 1.76. The van der Waals surface area contributed by atoms with Crippen molar-refractivity contribution in [2.45, 2.75) is 38.9 Å². The van der Waals surface area contributed by atoms with Gasteiger partial charge in [-0.25, -0.2) is 0 Å². The van der Waals surface area contributed by atoms with Crippen LogP contribution in [0.25, 0.3) is 0 Å². The van der Waals surface area contributed by atoms with Gasteiger partial charge in [-0.3, -0.25) is 4.99 Å². The Morgan fingerprint density at radius 1 is 1.32 bits per heavy atom. The first-order valence-electron chi connectivity index (χ1n) is 6.79. The van der Waals surface area contributed by atoms with E-state index in [1.165, 1.54) is 11.3 Å². The van der Waals surface area contributed by atoms with Crippen LogP contribution in [0.4, 0.5) is 0 Å². The van der Waals surface area contributed by atoms with Crippen molar-refractivity contribution < 1.29 is 0 Å². The number of hydrogen-bond acceptors (Lipinski definition) is 2. The van der Waals surface area contributed by atoms with Crippen LogP contribution in [-0.4, -0.2) is 17.5 Å². The third kappa shape index (κ3) is 6.48. The van der Waals surface area contributed by atoms with Crippen LogP contribution in [0.15, 0.2) is 47.1 Å². The number of allylic oxidation sites excluding steroid dienone is 2. The SMILES string of the molecule is CC/C=C(\Cc1ccccc1)N/C(=N/C)SC(C)C. The molecule has 0 aliphatic heterocycles. The molecule has 0 heterocycles. The summed E-state index contributed by atoms with van der Waals surface area (Å²) in [7, 11) is 1.84. The molecule has 0 amide bonds. The van der Waals surface area contributed by atoms with E-state index in [0.29, 0.717) is 5.25 Å². The monoisotopic (exact) mass is 276 g/mol. The van der Waals surface area contributed by atoms with Gasteiger partial charge in [0, 0.05) is 24.4 Å². The molecule has 0 atom stereocenters. The van der Waals surface area contributed by atoms with E-state index >= 15 is 0 Å². The molecule has 0 fully saturated rings. The minimum atomic E-state index is 0.533. The Labute approximate surface area is 121 Å². The standard InChI is InChI=1S/C16H24N2S/c1-5-9-15(12-14-10-7-6-8-11-14)18-16(17-4)19-13(2)3/h6-11,13H,5,12H2,1-4H3,(H,17,18)/b15-9+. The van der Waals surface area contributed by atoms with Crippen molar-refractivity contribution in [1.82, 2.24) is 5.32 Å². The maximum atomic E-state index is 4.32. The highest BCUT2D eigenvalue weighted by Gasteiger charge is 2.06. The Balaban J connectivity index is 2.71. The molecular formula is C16H24N2S. The molecule has 2 nitrogen and oxygen atoms in total. The lowest BCUT2D eigenvalue weighted by molar-refractivity contribution is 0.983. The van der Waals surface area contributed by atoms with E-state index in [-0.39, 0.29) is 0 Å². The highest BCUT2D eigenvalue weighted by Crippen LogP contribution is 2.13. The topological polar surface area (TPSA) is 24.4 Å². The molecule has 104 valence electrons. The van der Waals surface area contributed by atoms with E-state index in [4.69, 9.17) is 0 Å². The quantitative estimate of drug-likeness (QED) is 0.642. The average Bonchev–Trinajstić information content (AvgIpc) is 2.38. The van der Waals surface area contributed by atoms with E-state index in [2.05, 4.69) is 61.4 Å². The van der Waals surface area contributed by atoms with Crippen molar-refractivity contribution >= 4 is 16.9 Å². The van der Waals surface area contributed by atoms with E-state index < -0.39 is 0 Å². The van der Waals surface area contributed by atoms with Gasteiger partial charge in [-0.1, -0.05) is 68.9 Å². The average molecular weight is 276 g/mol. The molecule has 0 saturated heterocycles. The number of hydrogen-bond donors (Lipinski definition) is 1. The normalized spacial score (nSPS) is 12.9. The molecular weight excluding hydrogens is 252 g/mol. The summed E-state index contributed by atoms with van der Waals surface area (Å²) in [5.74, 6) is 0. The Kier molecular flexibility index (Phi) is 7.34. The zero-order chi connectivity index (χ0) is 14.1. The highest BCUT2D eigenvalue weighted by atomic mass is 32.2. The summed E-state index contributed by atoms with van der Waals surface area (Å²) in [5, 5.41) is 4.98. The van der Waals surface area contributed by atoms with Gasteiger partial charge >= 0.3 is 0 Å². The van der Waals surface area contributed by atoms with Gasteiger partial charge in [0.05, 0.1) is 0 Å². The van der Waals surface area contributed by atoms with Crippen LogP contribution in [0.3, 0.4) is 0 Å². The highest BCUT2D eigenvalue weighted by molar-refractivity contribution is 8.14. The fourth-order valence-corrected chi connectivity index (χ4v) is 2.47. The van der Waals surface area contributed by atoms with Gasteiger partial charge in [0.25, 0.3) is 0 Å². The van der Waals surface area contributed by atoms with Gasteiger partial charge in [-0.15, -0.1) is 0 Å². The Morgan fingerprint density at radius 3 is 2.53 bits per heavy atom. The van der Waals surface area contributed by atoms with Crippen molar-refractivity contribution in [2.24, 2.45) is 4.99 Å². The molecule has 0 radical (unpaired) electrons. The van der Waals surface area contributed by atoms with Crippen molar-refractivity contribution in [1.29, 1.82) is 0 Å². The smallest absolute Gasteiger partial charge is 0.160 e. The molecule has 1 aromatic carbocycles. The predicted octanol–water partition coefficient (Wildman–Crippen LogP) is 4.24. The second-order valence-electron chi connectivity index (χ2n) is 4.62. The molecule has 0 bridgehead atoms. The molecule has 0 aromatic heterocycles. The summed E-state index contributed by atoms with van der Waals surface area (Å²) < 4.78 is 0. The number of benzene rings is 1. The Bertz CT molecular complexity index is 422. The summed E-state index contributed by atoms with van der Waals surface area (Å²) in [6.07, 6.45) is 4.18. The van der Waals surface area contributed by atoms with Crippen LogP contribution in [0.2, 0.25) is 0 Å². The molecule has 1 N–H and O–H groups in total. The number of amidine groups is 1. The summed E-state index contributed by atoms with van der Waals surface area (Å²) in [6.45, 7) is 6.51. The van der Waals surface area contributed by atoms with Crippen LogP contribution >= 0.6 is 11.8 Å². The van der Waals surface area contributed by atoms with Crippen LogP contribution in [0.5, 0.6) is 0 Å². The number of thioether (sulfide) groups is 1. The summed E-state index contributed by atoms with van der Waals surface area (Å²) in [4.78, 5) is 4.32. The maximum Gasteiger partial charge on any atom is 0.160 e. The van der Waals surface area contributed by atoms with Crippen LogP contribution in [0, 0.1) is 0 Å². The molecule has 0 aliphatic rings. The fraction of sp³-hybridized carbons (Fsp3) is 0.438. The minimum Gasteiger partial charge on any atom is -0.339 e. The zero-order valence-electron chi connectivity index (χ0n) is 12.3. The Hall–Kier alpha value is -1.22. The number of nitrogens with one attached hydrogen (secondary N) is 1. The number of aliphatic imine (C=N–C) groups is 1. The van der Waals surface area contributed by atoms with Crippen molar-refractivity contribution in [3.8, 4) is 0 Å². The molecule has 0 saturated carbocycles. The minimum absolute atomic E-state index is 0.533. The lowest BCUT2D eigenvalue weighted by Crippen LogP contribution is -2.22. The van der Waals surface area contributed by atoms with Gasteiger partial charge in [-0.05, 0) is 12.0 Å². The molecule has 0 unspecified atom stereocenters. The molecule has 0 spiro atoms. The van der Waals surface area contributed by atoms with Gasteiger partial charge in [-0.2, -0.15) is 0 Å². The maximum absolute atomic E-state index is 4.32. The molecule has 19 heavy (non-hydrogen) atoms. The van der Waals surface area contributed by atoms with Crippen molar-refractivity contribution in [3.63, 3.8) is 0 Å². The van der Waals surface area contributed by atoms with Gasteiger partial charge < -0.3 is 5.32 Å². The zero-order valence-corrected chi connectivity index (χ0v) is 13.1. The Morgan fingerprint density at radius 2 is 2.00 bits per heavy atom. The van der Waals surface area contributed by atoms with E-state index in [1.807, 2.05) is 13.1 Å². The third-order valence-electron chi connectivity index (χ3n) is 2.51. The van der Waals surface area contributed by atoms with E-state index in [0.717, 1.165) is 18.0 Å². The molecule has 1 rings (SSSR count). The van der Waals surface area contributed by atoms with E-state index in [9.17, 15) is 0 Å². The van der Waals surface area contributed by atoms with Gasteiger partial charge in [0.15, 0.2) is 5.17 Å². The van der Waals surface area contributed by atoms with Crippen LogP contribution in [0.1, 0.15) is 32.8 Å². The third-order valence-corrected chi connectivity index (χ3v) is 3.49. The van der Waals surface area contributed by atoms with Crippen LogP contribution < -0.4 is 5.32 Å². The van der Waals surface area contributed by atoms with Crippen molar-refractivity contribution in [2.75, 3.05) is 7.05 Å². The van der Waals surface area contributed by atoms with Gasteiger partial charge in [0.1, 0.15) is 0 Å². The molecule has 3 heteroatoms. The summed E-state index contributed by atoms with van der Waals surface area (Å²) in [6, 6.07) is 10.5. The van der Waals surface area contributed by atoms with E-state index in [1.54, 1.807) is 11.8 Å². The first kappa shape index (κ1) is 15.8. The summed E-state index contributed by atoms with van der Waals surface area (Å²) in [5.41, 5.74) is 2.54. The first-order valence-corrected chi connectivity index (χ1v) is 7.67. The lowest BCUT2D eigenvalue weighted by Gasteiger charge is -2.14. The molecule has 1 aromatic rings. The number of nitrogens with zero attached hydrogens (tertiary/aromatic N) is 1. The fourth-order valence-electron chi connectivity index (χ4n) is 1.73. The van der Waals surface area contributed by atoms with Crippen molar-refractivity contribution in [3.05, 3.63) is 47.7 Å². The lowest BCUT2D eigenvalue weighted by atomic mass is 10.1. The number of rotatable bonds is 5. The second-order valence-corrected chi connectivity index (χ2v) is 6.19. The van der Waals surface area contributed by atoms with Gasteiger partial charge in [0.2, 0.25) is 0 Å². The largest absolute Gasteiger partial charge is 0.339 e. The second kappa shape index (κ2) is 8.81. The van der Waals surface area contributed by atoms with Crippen LogP contribution in [-0.2, 0) is 6.42 Å². The predicted molar refractivity (Wildman–Crippen MR) is 87.7 cm³/mol.